The molecule has 0 N–H and O–H groups in total. The molecule has 23 heavy (non-hydrogen) atoms. The van der Waals surface area contributed by atoms with Crippen molar-refractivity contribution in [2.75, 3.05) is 0 Å². The van der Waals surface area contributed by atoms with Crippen LogP contribution in [0.15, 0.2) is 0 Å². The molecule has 0 nitrogen and oxygen atoms in total. The molecular formula is C14H6F8Sn. The Labute approximate surface area is 128 Å². The number of halogens is 8. The Morgan fingerprint density at radius 3 is 1.00 bits per heavy atom. The zero-order chi connectivity index (χ0) is 17.4. The standard InChI is InChI=1S/C12F8.2CH3.Sn/c13-5-1-3(7(15)11(19)9(5)17)4-2-6(14)10(18)12(20)8(4)16;;;/h;2*1H3;. The predicted octanol–water partition coefficient (Wildman–Crippen LogP) is 3.60. The molecule has 0 saturated heterocycles. The number of hydrogen-bond donors (Lipinski definition) is 0. The molecular weight excluding hydrogens is 439 g/mol. The molecule has 0 radical (unpaired) electrons. The third kappa shape index (κ3) is 1.84. The monoisotopic (exact) mass is 446 g/mol. The Morgan fingerprint density at radius 2 is 0.696 bits per heavy atom. The van der Waals surface area contributed by atoms with Crippen LogP contribution in [0.5, 0.6) is 0 Å². The molecule has 0 atom stereocenters. The summed E-state index contributed by atoms with van der Waals surface area (Å²) in [4.78, 5) is 2.47. The van der Waals surface area contributed by atoms with Gasteiger partial charge in [-0.2, -0.15) is 0 Å². The van der Waals surface area contributed by atoms with E-state index in [-0.39, 0.29) is 0 Å². The second-order valence-electron chi connectivity index (χ2n) is 5.64. The van der Waals surface area contributed by atoms with Crippen LogP contribution in [0.1, 0.15) is 0 Å². The van der Waals surface area contributed by atoms with Gasteiger partial charge in [0.05, 0.1) is 0 Å². The summed E-state index contributed by atoms with van der Waals surface area (Å²) in [5.41, 5.74) is -2.13. The molecule has 0 bridgehead atoms. The van der Waals surface area contributed by atoms with Crippen molar-refractivity contribution in [3.8, 4) is 11.1 Å². The van der Waals surface area contributed by atoms with E-state index in [0.29, 0.717) is 0 Å². The fourth-order valence-electron chi connectivity index (χ4n) is 3.03. The fourth-order valence-corrected chi connectivity index (χ4v) is 12.4. The molecule has 0 unspecified atom stereocenters. The van der Waals surface area contributed by atoms with Gasteiger partial charge in [-0.1, -0.05) is 0 Å². The second-order valence-corrected chi connectivity index (χ2v) is 17.8. The first kappa shape index (κ1) is 16.5. The molecule has 1 aliphatic heterocycles. The molecule has 0 fully saturated rings. The van der Waals surface area contributed by atoms with Crippen molar-refractivity contribution in [1.82, 2.24) is 0 Å². The number of rotatable bonds is 0. The first-order chi connectivity index (χ1) is 10.5. The Balaban J connectivity index is 2.63. The van der Waals surface area contributed by atoms with Gasteiger partial charge in [-0.05, 0) is 0 Å². The van der Waals surface area contributed by atoms with Gasteiger partial charge in [-0.15, -0.1) is 0 Å². The summed E-state index contributed by atoms with van der Waals surface area (Å²) in [6.07, 6.45) is 0. The maximum absolute atomic E-state index is 14.1. The Morgan fingerprint density at radius 1 is 0.435 bits per heavy atom. The molecule has 0 amide bonds. The van der Waals surface area contributed by atoms with Gasteiger partial charge in [0.2, 0.25) is 0 Å². The summed E-state index contributed by atoms with van der Waals surface area (Å²) < 4.78 is 109. The molecule has 9 heteroatoms. The van der Waals surface area contributed by atoms with Crippen LogP contribution >= 0.6 is 0 Å². The van der Waals surface area contributed by atoms with Crippen molar-refractivity contribution < 1.29 is 35.1 Å². The average Bonchev–Trinajstić information content (AvgIpc) is 2.74. The summed E-state index contributed by atoms with van der Waals surface area (Å²) in [5.74, 6) is -16.2. The van der Waals surface area contributed by atoms with Gasteiger partial charge in [-0.25, -0.2) is 0 Å². The fraction of sp³-hybridized carbons (Fsp3) is 0.143. The van der Waals surface area contributed by atoms with E-state index in [2.05, 4.69) is 0 Å². The zero-order valence-electron chi connectivity index (χ0n) is 11.5. The van der Waals surface area contributed by atoms with Crippen LogP contribution in [0, 0.1) is 46.5 Å². The van der Waals surface area contributed by atoms with Crippen LogP contribution in [0.2, 0.25) is 9.88 Å². The summed E-state index contributed by atoms with van der Waals surface area (Å²) in [7, 11) is 0. The quantitative estimate of drug-likeness (QED) is 0.252. The van der Waals surface area contributed by atoms with E-state index in [9.17, 15) is 35.1 Å². The molecule has 3 rings (SSSR count). The maximum atomic E-state index is 14.1. The third-order valence-corrected chi connectivity index (χ3v) is 13.8. The molecule has 2 aromatic carbocycles. The molecule has 0 spiro atoms. The van der Waals surface area contributed by atoms with Gasteiger partial charge >= 0.3 is 128 Å². The van der Waals surface area contributed by atoms with E-state index < -0.39 is 83.2 Å². The van der Waals surface area contributed by atoms with Crippen LogP contribution in [0.25, 0.3) is 11.1 Å². The Bertz CT molecular complexity index is 816. The van der Waals surface area contributed by atoms with E-state index in [1.54, 1.807) is 0 Å². The van der Waals surface area contributed by atoms with Gasteiger partial charge in [0, 0.05) is 0 Å². The van der Waals surface area contributed by atoms with E-state index >= 15 is 0 Å². The zero-order valence-corrected chi connectivity index (χ0v) is 14.4. The minimum absolute atomic E-state index is 0.700. The van der Waals surface area contributed by atoms with E-state index in [1.807, 2.05) is 0 Å². The summed E-state index contributed by atoms with van der Waals surface area (Å²) in [5, 5.41) is 0. The van der Waals surface area contributed by atoms with Gasteiger partial charge in [0.1, 0.15) is 0 Å². The number of hydrogen-bond acceptors (Lipinski definition) is 0. The van der Waals surface area contributed by atoms with Crippen molar-refractivity contribution in [3.05, 3.63) is 46.5 Å². The average molecular weight is 445 g/mol. The van der Waals surface area contributed by atoms with Crippen LogP contribution in [-0.2, 0) is 0 Å². The van der Waals surface area contributed by atoms with Crippen molar-refractivity contribution in [1.29, 1.82) is 0 Å². The van der Waals surface area contributed by atoms with Crippen LogP contribution < -0.4 is 7.16 Å². The summed E-state index contributed by atoms with van der Waals surface area (Å²) in [6, 6.07) is 0. The summed E-state index contributed by atoms with van der Waals surface area (Å²) >= 11 is -4.57. The van der Waals surface area contributed by atoms with E-state index in [4.69, 9.17) is 0 Å². The third-order valence-electron chi connectivity index (χ3n) is 4.03. The number of fused-ring (bicyclic) bond motifs is 3. The molecule has 1 heterocycles. The van der Waals surface area contributed by atoms with Crippen LogP contribution in [-0.4, -0.2) is 18.4 Å². The molecule has 0 saturated carbocycles. The van der Waals surface area contributed by atoms with Crippen LogP contribution in [0.3, 0.4) is 0 Å². The van der Waals surface area contributed by atoms with Gasteiger partial charge in [0.15, 0.2) is 0 Å². The SMILES string of the molecule is [CH3][Sn]1([CH3])[c]2c(F)c(F)c(F)c(F)c2-c2c(F)c(F)c(F)c(F)[c]21. The van der Waals surface area contributed by atoms with Gasteiger partial charge < -0.3 is 0 Å². The predicted molar refractivity (Wildman–Crippen MR) is 68.3 cm³/mol. The molecule has 0 aliphatic carbocycles. The van der Waals surface area contributed by atoms with Gasteiger partial charge in [-0.3, -0.25) is 0 Å². The van der Waals surface area contributed by atoms with Crippen molar-refractivity contribution in [2.24, 2.45) is 0 Å². The second kappa shape index (κ2) is 4.84. The molecule has 0 aromatic heterocycles. The number of benzene rings is 2. The molecule has 2 aromatic rings. The van der Waals surface area contributed by atoms with Crippen molar-refractivity contribution in [3.63, 3.8) is 0 Å². The van der Waals surface area contributed by atoms with E-state index in [1.165, 1.54) is 9.88 Å². The van der Waals surface area contributed by atoms with Crippen LogP contribution in [0.4, 0.5) is 35.1 Å². The topological polar surface area (TPSA) is 0 Å². The van der Waals surface area contributed by atoms with Crippen molar-refractivity contribution >= 4 is 25.5 Å². The Kier molecular flexibility index (Phi) is 3.48. The Hall–Kier alpha value is -1.32. The first-order valence-electron chi connectivity index (χ1n) is 6.26. The summed E-state index contributed by atoms with van der Waals surface area (Å²) in [6.45, 7) is 0. The van der Waals surface area contributed by atoms with Gasteiger partial charge in [0.25, 0.3) is 0 Å². The molecule has 1 aliphatic rings. The molecule has 122 valence electrons. The first-order valence-corrected chi connectivity index (χ1v) is 14.8. The van der Waals surface area contributed by atoms with E-state index in [0.717, 1.165) is 0 Å². The van der Waals surface area contributed by atoms with Crippen molar-refractivity contribution in [2.45, 2.75) is 9.88 Å². The normalized spacial score (nSPS) is 14.9. The minimum atomic E-state index is -4.57.